The van der Waals surface area contributed by atoms with Crippen molar-refractivity contribution >= 4 is 0 Å². The van der Waals surface area contributed by atoms with Gasteiger partial charge in [-0.2, -0.15) is 0 Å². The predicted octanol–water partition coefficient (Wildman–Crippen LogP) is 2.15. The zero-order chi connectivity index (χ0) is 8.43. The highest BCUT2D eigenvalue weighted by Crippen LogP contribution is 2.13. The van der Waals surface area contributed by atoms with Crippen molar-refractivity contribution < 1.29 is 4.39 Å². The zero-order valence-corrected chi connectivity index (χ0v) is 6.76. The van der Waals surface area contributed by atoms with E-state index in [1.807, 2.05) is 6.92 Å². The van der Waals surface area contributed by atoms with Gasteiger partial charge in [0.15, 0.2) is 0 Å². The van der Waals surface area contributed by atoms with Gasteiger partial charge in [-0.3, -0.25) is 0 Å². The molecule has 0 spiro atoms. The summed E-state index contributed by atoms with van der Waals surface area (Å²) in [5, 5.41) is 0. The van der Waals surface area contributed by atoms with E-state index >= 15 is 0 Å². The molecule has 11 heavy (non-hydrogen) atoms. The van der Waals surface area contributed by atoms with E-state index in [-0.39, 0.29) is 11.9 Å². The summed E-state index contributed by atoms with van der Waals surface area (Å²) in [4.78, 5) is 0. The molecule has 60 valence electrons. The minimum atomic E-state index is -0.172. The van der Waals surface area contributed by atoms with Gasteiger partial charge in [0, 0.05) is 6.04 Å². The van der Waals surface area contributed by atoms with E-state index in [2.05, 4.69) is 0 Å². The first-order valence-electron chi connectivity index (χ1n) is 3.63. The molecule has 2 N–H and O–H groups in total. The Balaban J connectivity index is 3.05. The molecule has 0 saturated carbocycles. The molecule has 0 aliphatic rings. The lowest BCUT2D eigenvalue weighted by molar-refractivity contribution is 0.616. The van der Waals surface area contributed by atoms with Gasteiger partial charge in [0.05, 0.1) is 0 Å². The Labute approximate surface area is 66.0 Å². The third-order valence-corrected chi connectivity index (χ3v) is 1.71. The Morgan fingerprint density at radius 2 is 2.09 bits per heavy atom. The number of hydrogen-bond donors (Lipinski definition) is 1. The zero-order valence-electron chi connectivity index (χ0n) is 6.76. The number of nitrogens with two attached hydrogens (primary N) is 1. The summed E-state index contributed by atoms with van der Waals surface area (Å²) in [7, 11) is 0. The molecular formula is C9H12FN. The van der Waals surface area contributed by atoms with Crippen molar-refractivity contribution in [3.63, 3.8) is 0 Å². The number of benzene rings is 1. The molecule has 1 rings (SSSR count). The molecule has 0 heterocycles. The molecule has 0 aliphatic carbocycles. The summed E-state index contributed by atoms with van der Waals surface area (Å²) in [5.41, 5.74) is 7.24. The molecule has 0 saturated heterocycles. The van der Waals surface area contributed by atoms with Crippen LogP contribution in [0.2, 0.25) is 0 Å². The van der Waals surface area contributed by atoms with E-state index in [1.54, 1.807) is 19.1 Å². The number of hydrogen-bond acceptors (Lipinski definition) is 1. The largest absolute Gasteiger partial charge is 0.324 e. The lowest BCUT2D eigenvalue weighted by Gasteiger charge is -2.05. The summed E-state index contributed by atoms with van der Waals surface area (Å²) in [6.45, 7) is 3.62. The lowest BCUT2D eigenvalue weighted by atomic mass is 10.1. The summed E-state index contributed by atoms with van der Waals surface area (Å²) in [5.74, 6) is -0.172. The highest BCUT2D eigenvalue weighted by Gasteiger charge is 2.01. The highest BCUT2D eigenvalue weighted by atomic mass is 19.1. The normalized spacial score (nSPS) is 13.1. The molecule has 0 aromatic heterocycles. The molecule has 0 amide bonds. The first-order chi connectivity index (χ1) is 5.11. The van der Waals surface area contributed by atoms with Crippen LogP contribution in [0.1, 0.15) is 24.1 Å². The summed E-state index contributed by atoms with van der Waals surface area (Å²) >= 11 is 0. The van der Waals surface area contributed by atoms with Crippen LogP contribution in [-0.4, -0.2) is 0 Å². The van der Waals surface area contributed by atoms with Gasteiger partial charge < -0.3 is 5.73 Å². The van der Waals surface area contributed by atoms with Crippen molar-refractivity contribution in [2.75, 3.05) is 0 Å². The minimum Gasteiger partial charge on any atom is -0.324 e. The Morgan fingerprint density at radius 3 is 2.55 bits per heavy atom. The third kappa shape index (κ3) is 1.77. The van der Waals surface area contributed by atoms with Crippen molar-refractivity contribution in [2.24, 2.45) is 5.73 Å². The average molecular weight is 153 g/mol. The van der Waals surface area contributed by atoms with Crippen LogP contribution < -0.4 is 5.73 Å². The quantitative estimate of drug-likeness (QED) is 0.657. The second kappa shape index (κ2) is 3.01. The van der Waals surface area contributed by atoms with Gasteiger partial charge in [-0.15, -0.1) is 0 Å². The molecule has 0 radical (unpaired) electrons. The third-order valence-electron chi connectivity index (χ3n) is 1.71. The number of halogens is 1. The fourth-order valence-corrected chi connectivity index (χ4v) is 0.951. The minimum absolute atomic E-state index is 0.0192. The van der Waals surface area contributed by atoms with E-state index in [1.165, 1.54) is 6.07 Å². The fourth-order valence-electron chi connectivity index (χ4n) is 0.951. The van der Waals surface area contributed by atoms with E-state index in [0.29, 0.717) is 5.56 Å². The maximum atomic E-state index is 12.7. The topological polar surface area (TPSA) is 26.0 Å². The van der Waals surface area contributed by atoms with Crippen molar-refractivity contribution in [2.45, 2.75) is 19.9 Å². The van der Waals surface area contributed by atoms with Gasteiger partial charge >= 0.3 is 0 Å². The fraction of sp³-hybridized carbons (Fsp3) is 0.333. The smallest absolute Gasteiger partial charge is 0.126 e. The maximum absolute atomic E-state index is 12.7. The van der Waals surface area contributed by atoms with Crippen molar-refractivity contribution in [3.05, 3.63) is 35.1 Å². The number of aryl methyl sites for hydroxylation is 1. The first-order valence-corrected chi connectivity index (χ1v) is 3.63. The van der Waals surface area contributed by atoms with E-state index in [9.17, 15) is 4.39 Å². The van der Waals surface area contributed by atoms with Gasteiger partial charge in [-0.25, -0.2) is 4.39 Å². The SMILES string of the molecule is Cc1cc([C@@H](C)N)ccc1F. The van der Waals surface area contributed by atoms with E-state index < -0.39 is 0 Å². The van der Waals surface area contributed by atoms with Crippen LogP contribution in [0.25, 0.3) is 0 Å². The second-order valence-electron chi connectivity index (χ2n) is 2.80. The molecule has 0 unspecified atom stereocenters. The molecular weight excluding hydrogens is 141 g/mol. The van der Waals surface area contributed by atoms with Crippen molar-refractivity contribution in [3.8, 4) is 0 Å². The number of rotatable bonds is 1. The Bertz CT molecular complexity index is 256. The Kier molecular flexibility index (Phi) is 2.25. The molecule has 1 aromatic rings. The molecule has 0 fully saturated rings. The van der Waals surface area contributed by atoms with Crippen LogP contribution in [0.4, 0.5) is 4.39 Å². The molecule has 1 nitrogen and oxygen atoms in total. The summed E-state index contributed by atoms with van der Waals surface area (Å²) < 4.78 is 12.7. The Morgan fingerprint density at radius 1 is 1.45 bits per heavy atom. The van der Waals surface area contributed by atoms with E-state index in [0.717, 1.165) is 5.56 Å². The van der Waals surface area contributed by atoms with Crippen LogP contribution in [0, 0.1) is 12.7 Å². The van der Waals surface area contributed by atoms with Crippen LogP contribution in [-0.2, 0) is 0 Å². The van der Waals surface area contributed by atoms with Gasteiger partial charge in [0.1, 0.15) is 5.82 Å². The van der Waals surface area contributed by atoms with Crippen molar-refractivity contribution in [1.29, 1.82) is 0 Å². The van der Waals surface area contributed by atoms with Gasteiger partial charge in [0.2, 0.25) is 0 Å². The van der Waals surface area contributed by atoms with E-state index in [4.69, 9.17) is 5.73 Å². The lowest BCUT2D eigenvalue weighted by Crippen LogP contribution is -2.05. The molecule has 1 atom stereocenters. The van der Waals surface area contributed by atoms with Crippen LogP contribution >= 0.6 is 0 Å². The Hall–Kier alpha value is -0.890. The standard InChI is InChI=1S/C9H12FN/c1-6-5-8(7(2)11)3-4-9(6)10/h3-5,7H,11H2,1-2H3/t7-/m1/s1. The molecule has 0 aliphatic heterocycles. The first kappa shape index (κ1) is 8.21. The molecule has 0 bridgehead atoms. The highest BCUT2D eigenvalue weighted by molar-refractivity contribution is 5.25. The maximum Gasteiger partial charge on any atom is 0.126 e. The monoisotopic (exact) mass is 153 g/mol. The van der Waals surface area contributed by atoms with Crippen LogP contribution in [0.15, 0.2) is 18.2 Å². The van der Waals surface area contributed by atoms with Crippen LogP contribution in [0.5, 0.6) is 0 Å². The average Bonchev–Trinajstić information content (AvgIpc) is 1.94. The van der Waals surface area contributed by atoms with Gasteiger partial charge in [0.25, 0.3) is 0 Å². The van der Waals surface area contributed by atoms with Gasteiger partial charge in [-0.1, -0.05) is 12.1 Å². The van der Waals surface area contributed by atoms with Gasteiger partial charge in [-0.05, 0) is 31.0 Å². The molecule has 1 aromatic carbocycles. The summed E-state index contributed by atoms with van der Waals surface area (Å²) in [6.07, 6.45) is 0. The second-order valence-corrected chi connectivity index (χ2v) is 2.80. The summed E-state index contributed by atoms with van der Waals surface area (Å²) in [6, 6.07) is 4.93. The van der Waals surface area contributed by atoms with Crippen molar-refractivity contribution in [1.82, 2.24) is 0 Å². The van der Waals surface area contributed by atoms with Crippen LogP contribution in [0.3, 0.4) is 0 Å². The predicted molar refractivity (Wildman–Crippen MR) is 43.7 cm³/mol. The molecule has 2 heteroatoms.